The molecule has 0 N–H and O–H groups in total. The highest BCUT2D eigenvalue weighted by atomic mass is 28.2. The van der Waals surface area contributed by atoms with Gasteiger partial charge in [0.25, 0.3) is 0 Å². The van der Waals surface area contributed by atoms with E-state index >= 15 is 0 Å². The molecule has 0 bridgehead atoms. The summed E-state index contributed by atoms with van der Waals surface area (Å²) < 4.78 is 10.8. The largest absolute Gasteiger partial charge is 0.461 e. The molecule has 0 aliphatic carbocycles. The summed E-state index contributed by atoms with van der Waals surface area (Å²) in [6.07, 6.45) is 3.05. The molecule has 0 aliphatic rings. The summed E-state index contributed by atoms with van der Waals surface area (Å²) in [5.74, 6) is -0.298. The first kappa shape index (κ1) is 14.4. The minimum absolute atomic E-state index is 0.00828. The van der Waals surface area contributed by atoms with Gasteiger partial charge in [-0.3, -0.25) is 0 Å². The molecule has 0 aromatic heterocycles. The van der Waals surface area contributed by atoms with Crippen LogP contribution in [0.15, 0.2) is 12.2 Å². The maximum Gasteiger partial charge on any atom is 0.333 e. The standard InChI is InChI=1S/C11H22O3Si/c1-5-7-8-13-15-10(6-2)14-11(12)9(3)4/h10H,3,5-8,15H2,1-2,4H3. The highest BCUT2D eigenvalue weighted by molar-refractivity contribution is 6.29. The van der Waals surface area contributed by atoms with Crippen molar-refractivity contribution in [3.8, 4) is 0 Å². The summed E-state index contributed by atoms with van der Waals surface area (Å²) in [5.41, 5.74) is 0.446. The smallest absolute Gasteiger partial charge is 0.333 e. The maximum absolute atomic E-state index is 11.2. The third kappa shape index (κ3) is 7.33. The van der Waals surface area contributed by atoms with Crippen LogP contribution in [-0.2, 0) is 14.0 Å². The van der Waals surface area contributed by atoms with Gasteiger partial charge in [-0.25, -0.2) is 4.79 Å². The Morgan fingerprint density at radius 1 is 1.47 bits per heavy atom. The lowest BCUT2D eigenvalue weighted by Gasteiger charge is -2.15. The lowest BCUT2D eigenvalue weighted by Crippen LogP contribution is -2.26. The third-order valence-corrected chi connectivity index (χ3v) is 3.66. The van der Waals surface area contributed by atoms with E-state index in [1.165, 1.54) is 0 Å². The highest BCUT2D eigenvalue weighted by Crippen LogP contribution is 2.02. The van der Waals surface area contributed by atoms with Crippen LogP contribution in [0.3, 0.4) is 0 Å². The van der Waals surface area contributed by atoms with Gasteiger partial charge in [-0.05, 0) is 19.8 Å². The number of rotatable bonds is 8. The van der Waals surface area contributed by atoms with Crippen molar-refractivity contribution in [2.24, 2.45) is 0 Å². The Morgan fingerprint density at radius 3 is 2.60 bits per heavy atom. The zero-order valence-corrected chi connectivity index (χ0v) is 11.5. The number of esters is 1. The Labute approximate surface area is 94.8 Å². The lowest BCUT2D eigenvalue weighted by molar-refractivity contribution is -0.141. The summed E-state index contributed by atoms with van der Waals surface area (Å²) in [5, 5.41) is 0. The summed E-state index contributed by atoms with van der Waals surface area (Å²) in [4.78, 5) is 11.2. The molecule has 0 aromatic carbocycles. The van der Waals surface area contributed by atoms with Crippen molar-refractivity contribution in [2.45, 2.75) is 45.8 Å². The Morgan fingerprint density at radius 2 is 2.13 bits per heavy atom. The molecular formula is C11H22O3Si. The molecule has 0 aliphatic heterocycles. The van der Waals surface area contributed by atoms with Gasteiger partial charge in [0.05, 0.1) is 0 Å². The Kier molecular flexibility index (Phi) is 8.32. The summed E-state index contributed by atoms with van der Waals surface area (Å²) in [6, 6.07) is 0. The quantitative estimate of drug-likeness (QED) is 0.276. The van der Waals surface area contributed by atoms with Crippen LogP contribution in [-0.4, -0.2) is 28.1 Å². The van der Waals surface area contributed by atoms with Gasteiger partial charge in [-0.15, -0.1) is 0 Å². The molecule has 0 aromatic rings. The number of carbonyl (C=O) groups is 1. The molecule has 3 nitrogen and oxygen atoms in total. The molecule has 0 rings (SSSR count). The third-order valence-electron chi connectivity index (χ3n) is 2.02. The van der Waals surface area contributed by atoms with Crippen LogP contribution < -0.4 is 0 Å². The van der Waals surface area contributed by atoms with Gasteiger partial charge in [0.2, 0.25) is 9.76 Å². The zero-order chi connectivity index (χ0) is 11.7. The van der Waals surface area contributed by atoms with E-state index in [0.717, 1.165) is 25.9 Å². The molecule has 1 unspecified atom stereocenters. The molecule has 0 saturated carbocycles. The molecule has 0 fully saturated rings. The van der Waals surface area contributed by atoms with Gasteiger partial charge in [-0.2, -0.15) is 0 Å². The Hall–Kier alpha value is -0.613. The van der Waals surface area contributed by atoms with Gasteiger partial charge >= 0.3 is 5.97 Å². The normalized spacial score (nSPS) is 13.0. The fourth-order valence-corrected chi connectivity index (χ4v) is 2.04. The molecule has 0 amide bonds. The molecular weight excluding hydrogens is 208 g/mol. The van der Waals surface area contributed by atoms with Crippen LogP contribution in [0.25, 0.3) is 0 Å². The van der Waals surface area contributed by atoms with Crippen LogP contribution >= 0.6 is 0 Å². The van der Waals surface area contributed by atoms with Gasteiger partial charge in [0.1, 0.15) is 5.73 Å². The Balaban J connectivity index is 3.73. The first-order chi connectivity index (χ1) is 7.11. The summed E-state index contributed by atoms with van der Waals surface area (Å²) >= 11 is 0. The molecule has 0 heterocycles. The predicted octanol–water partition coefficient (Wildman–Crippen LogP) is 1.74. The van der Waals surface area contributed by atoms with E-state index < -0.39 is 9.76 Å². The van der Waals surface area contributed by atoms with Crippen LogP contribution in [0.2, 0.25) is 0 Å². The molecule has 0 saturated heterocycles. The van der Waals surface area contributed by atoms with E-state index in [1.807, 2.05) is 6.92 Å². The van der Waals surface area contributed by atoms with Crippen LogP contribution in [0.1, 0.15) is 40.0 Å². The molecule has 0 spiro atoms. The van der Waals surface area contributed by atoms with E-state index in [9.17, 15) is 4.79 Å². The van der Waals surface area contributed by atoms with Gasteiger partial charge in [0, 0.05) is 12.2 Å². The van der Waals surface area contributed by atoms with E-state index in [0.29, 0.717) is 5.57 Å². The fraction of sp³-hybridized carbons (Fsp3) is 0.727. The number of hydrogen-bond acceptors (Lipinski definition) is 3. The van der Waals surface area contributed by atoms with Crippen LogP contribution in [0.4, 0.5) is 0 Å². The second-order valence-corrected chi connectivity index (χ2v) is 5.30. The number of unbranched alkanes of at least 4 members (excludes halogenated alkanes) is 1. The number of ether oxygens (including phenoxy) is 1. The SMILES string of the molecule is C=C(C)C(=O)OC(CC)[SiH2]OCCCC. The van der Waals surface area contributed by atoms with Gasteiger partial charge in [-0.1, -0.05) is 26.8 Å². The van der Waals surface area contributed by atoms with E-state index in [1.54, 1.807) is 6.92 Å². The lowest BCUT2D eigenvalue weighted by atomic mass is 10.4. The predicted molar refractivity (Wildman–Crippen MR) is 64.4 cm³/mol. The molecule has 1 atom stereocenters. The molecule has 4 heteroatoms. The average molecular weight is 230 g/mol. The van der Waals surface area contributed by atoms with E-state index in [4.69, 9.17) is 9.16 Å². The summed E-state index contributed by atoms with van der Waals surface area (Å²) in [6.45, 7) is 10.1. The zero-order valence-electron chi connectivity index (χ0n) is 10.0. The number of carbonyl (C=O) groups excluding carboxylic acids is 1. The van der Waals surface area contributed by atoms with Crippen molar-refractivity contribution in [3.05, 3.63) is 12.2 Å². The van der Waals surface area contributed by atoms with Gasteiger partial charge < -0.3 is 9.16 Å². The monoisotopic (exact) mass is 230 g/mol. The minimum Gasteiger partial charge on any atom is -0.461 e. The minimum atomic E-state index is -0.754. The van der Waals surface area contributed by atoms with E-state index in [2.05, 4.69) is 13.5 Å². The van der Waals surface area contributed by atoms with Crippen molar-refractivity contribution in [2.75, 3.05) is 6.61 Å². The second kappa shape index (κ2) is 8.68. The van der Waals surface area contributed by atoms with E-state index in [-0.39, 0.29) is 11.7 Å². The van der Waals surface area contributed by atoms with Crippen LogP contribution in [0.5, 0.6) is 0 Å². The highest BCUT2D eigenvalue weighted by Gasteiger charge is 2.13. The maximum atomic E-state index is 11.2. The Bertz CT molecular complexity index is 204. The second-order valence-electron chi connectivity index (χ2n) is 3.64. The van der Waals surface area contributed by atoms with Crippen molar-refractivity contribution in [1.82, 2.24) is 0 Å². The van der Waals surface area contributed by atoms with Crippen LogP contribution in [0, 0.1) is 0 Å². The van der Waals surface area contributed by atoms with Crippen molar-refractivity contribution in [3.63, 3.8) is 0 Å². The fourth-order valence-electron chi connectivity index (χ4n) is 0.948. The molecule has 88 valence electrons. The first-order valence-corrected chi connectivity index (χ1v) is 6.95. The number of hydrogen-bond donors (Lipinski definition) is 0. The van der Waals surface area contributed by atoms with Crippen molar-refractivity contribution < 1.29 is 14.0 Å². The molecule has 15 heavy (non-hydrogen) atoms. The van der Waals surface area contributed by atoms with Crippen molar-refractivity contribution in [1.29, 1.82) is 0 Å². The van der Waals surface area contributed by atoms with Gasteiger partial charge in [0.15, 0.2) is 0 Å². The average Bonchev–Trinajstić information content (AvgIpc) is 2.22. The van der Waals surface area contributed by atoms with Crippen molar-refractivity contribution >= 4 is 15.7 Å². The summed E-state index contributed by atoms with van der Waals surface area (Å²) in [7, 11) is -0.754. The topological polar surface area (TPSA) is 35.5 Å². The first-order valence-electron chi connectivity index (χ1n) is 5.56. The molecule has 0 radical (unpaired) electrons.